The molecule has 0 aliphatic rings. The summed E-state index contributed by atoms with van der Waals surface area (Å²) >= 11 is 3.39. The van der Waals surface area contributed by atoms with Crippen LogP contribution in [0.5, 0.6) is 11.5 Å². The minimum atomic E-state index is 0.446. The van der Waals surface area contributed by atoms with Gasteiger partial charge in [-0.05, 0) is 51.8 Å². The molecule has 2 aromatic carbocycles. The lowest BCUT2D eigenvalue weighted by Gasteiger charge is -2.09. The summed E-state index contributed by atoms with van der Waals surface area (Å²) in [6.45, 7) is 0.446. The Morgan fingerprint density at radius 1 is 1.21 bits per heavy atom. The largest absolute Gasteiger partial charge is 0.497 e. The summed E-state index contributed by atoms with van der Waals surface area (Å²) in [5.74, 6) is 1.52. The summed E-state index contributed by atoms with van der Waals surface area (Å²) in [6.07, 6.45) is 0. The van der Waals surface area contributed by atoms with E-state index in [1.165, 1.54) is 0 Å². The van der Waals surface area contributed by atoms with E-state index < -0.39 is 0 Å². The van der Waals surface area contributed by atoms with Crippen molar-refractivity contribution < 1.29 is 9.47 Å². The molecular formula is C15H12BrNO2. The standard InChI is InChI=1S/C15H12BrNO2/c1-18-13-4-2-3-12(7-13)10-19-15-6-5-11(9-17)8-14(15)16/h2-8H,10H2,1H3. The number of hydrogen-bond donors (Lipinski definition) is 0. The van der Waals surface area contributed by atoms with Crippen LogP contribution < -0.4 is 9.47 Å². The molecule has 0 heterocycles. The molecule has 0 N–H and O–H groups in total. The summed E-state index contributed by atoms with van der Waals surface area (Å²) in [5.41, 5.74) is 1.62. The Hall–Kier alpha value is -1.99. The molecule has 2 rings (SSSR count). The molecular weight excluding hydrogens is 306 g/mol. The summed E-state index contributed by atoms with van der Waals surface area (Å²) in [7, 11) is 1.64. The van der Waals surface area contributed by atoms with Crippen molar-refractivity contribution in [3.05, 3.63) is 58.1 Å². The number of hydrogen-bond acceptors (Lipinski definition) is 3. The van der Waals surface area contributed by atoms with Crippen LogP contribution in [0, 0.1) is 11.3 Å². The Morgan fingerprint density at radius 2 is 2.05 bits per heavy atom. The average Bonchev–Trinajstić information content (AvgIpc) is 2.46. The third kappa shape index (κ3) is 3.49. The molecule has 0 radical (unpaired) electrons. The van der Waals surface area contributed by atoms with E-state index in [1.807, 2.05) is 24.3 Å². The van der Waals surface area contributed by atoms with Gasteiger partial charge in [-0.15, -0.1) is 0 Å². The molecule has 0 unspecified atom stereocenters. The molecule has 2 aromatic rings. The van der Waals surface area contributed by atoms with Gasteiger partial charge in [0.2, 0.25) is 0 Å². The Bertz CT molecular complexity index is 620. The van der Waals surface area contributed by atoms with Gasteiger partial charge in [0.15, 0.2) is 0 Å². The van der Waals surface area contributed by atoms with Crippen LogP contribution in [0.3, 0.4) is 0 Å². The van der Waals surface area contributed by atoms with Crippen LogP contribution in [-0.4, -0.2) is 7.11 Å². The van der Waals surface area contributed by atoms with Gasteiger partial charge in [0.25, 0.3) is 0 Å². The van der Waals surface area contributed by atoms with Crippen LogP contribution in [0.15, 0.2) is 46.9 Å². The lowest BCUT2D eigenvalue weighted by molar-refractivity contribution is 0.303. The highest BCUT2D eigenvalue weighted by Crippen LogP contribution is 2.26. The van der Waals surface area contributed by atoms with Crippen LogP contribution in [-0.2, 0) is 6.61 Å². The number of benzene rings is 2. The fourth-order valence-corrected chi connectivity index (χ4v) is 2.10. The highest BCUT2D eigenvalue weighted by molar-refractivity contribution is 9.10. The Morgan fingerprint density at radius 3 is 2.74 bits per heavy atom. The second kappa shape index (κ2) is 6.26. The molecule has 0 aliphatic carbocycles. The Balaban J connectivity index is 2.08. The number of nitrogens with zero attached hydrogens (tertiary/aromatic N) is 1. The van der Waals surface area contributed by atoms with Crippen molar-refractivity contribution in [2.24, 2.45) is 0 Å². The molecule has 0 bridgehead atoms. The fraction of sp³-hybridized carbons (Fsp3) is 0.133. The maximum absolute atomic E-state index is 8.79. The van der Waals surface area contributed by atoms with Crippen molar-refractivity contribution in [3.63, 3.8) is 0 Å². The molecule has 0 aliphatic heterocycles. The van der Waals surface area contributed by atoms with Crippen LogP contribution >= 0.6 is 15.9 Å². The molecule has 0 saturated carbocycles. The number of ether oxygens (including phenoxy) is 2. The van der Waals surface area contributed by atoms with Gasteiger partial charge in [0, 0.05) is 0 Å². The topological polar surface area (TPSA) is 42.2 Å². The average molecular weight is 318 g/mol. The van der Waals surface area contributed by atoms with Gasteiger partial charge >= 0.3 is 0 Å². The molecule has 0 amide bonds. The monoisotopic (exact) mass is 317 g/mol. The Labute approximate surface area is 120 Å². The summed E-state index contributed by atoms with van der Waals surface area (Å²) in [6, 6.07) is 15.0. The summed E-state index contributed by atoms with van der Waals surface area (Å²) < 4.78 is 11.6. The number of methoxy groups -OCH3 is 1. The van der Waals surface area contributed by atoms with E-state index in [9.17, 15) is 0 Å². The molecule has 0 atom stereocenters. The van der Waals surface area contributed by atoms with E-state index in [0.29, 0.717) is 17.9 Å². The van der Waals surface area contributed by atoms with Crippen molar-refractivity contribution in [2.75, 3.05) is 7.11 Å². The second-order valence-electron chi connectivity index (χ2n) is 3.90. The van der Waals surface area contributed by atoms with E-state index in [2.05, 4.69) is 22.0 Å². The molecule has 4 heteroatoms. The van der Waals surface area contributed by atoms with Crippen LogP contribution in [0.4, 0.5) is 0 Å². The first kappa shape index (κ1) is 13.4. The highest BCUT2D eigenvalue weighted by Gasteiger charge is 2.03. The van der Waals surface area contributed by atoms with Crippen LogP contribution in [0.2, 0.25) is 0 Å². The predicted octanol–water partition coefficient (Wildman–Crippen LogP) is 3.91. The quantitative estimate of drug-likeness (QED) is 0.858. The summed E-state index contributed by atoms with van der Waals surface area (Å²) in [5, 5.41) is 8.79. The smallest absolute Gasteiger partial charge is 0.134 e. The number of nitriles is 1. The lowest BCUT2D eigenvalue weighted by atomic mass is 10.2. The predicted molar refractivity (Wildman–Crippen MR) is 76.2 cm³/mol. The Kier molecular flexibility index (Phi) is 4.43. The summed E-state index contributed by atoms with van der Waals surface area (Å²) in [4.78, 5) is 0. The molecule has 3 nitrogen and oxygen atoms in total. The lowest BCUT2D eigenvalue weighted by Crippen LogP contribution is -1.96. The highest BCUT2D eigenvalue weighted by atomic mass is 79.9. The fourth-order valence-electron chi connectivity index (χ4n) is 1.61. The zero-order chi connectivity index (χ0) is 13.7. The third-order valence-electron chi connectivity index (χ3n) is 2.59. The van der Waals surface area contributed by atoms with E-state index in [4.69, 9.17) is 14.7 Å². The van der Waals surface area contributed by atoms with E-state index in [0.717, 1.165) is 15.8 Å². The maximum atomic E-state index is 8.79. The van der Waals surface area contributed by atoms with Crippen molar-refractivity contribution in [1.82, 2.24) is 0 Å². The van der Waals surface area contributed by atoms with Gasteiger partial charge in [-0.3, -0.25) is 0 Å². The second-order valence-corrected chi connectivity index (χ2v) is 4.75. The maximum Gasteiger partial charge on any atom is 0.134 e. The van der Waals surface area contributed by atoms with Crippen molar-refractivity contribution >= 4 is 15.9 Å². The first-order valence-electron chi connectivity index (χ1n) is 5.68. The normalized spacial score (nSPS) is 9.74. The molecule has 0 aromatic heterocycles. The number of rotatable bonds is 4. The molecule has 19 heavy (non-hydrogen) atoms. The van der Waals surface area contributed by atoms with E-state index in [1.54, 1.807) is 25.3 Å². The number of halogens is 1. The van der Waals surface area contributed by atoms with Crippen LogP contribution in [0.1, 0.15) is 11.1 Å². The van der Waals surface area contributed by atoms with Gasteiger partial charge in [0.05, 0.1) is 23.2 Å². The minimum Gasteiger partial charge on any atom is -0.497 e. The SMILES string of the molecule is COc1cccc(COc2ccc(C#N)cc2Br)c1. The van der Waals surface area contributed by atoms with Gasteiger partial charge in [0.1, 0.15) is 18.1 Å². The zero-order valence-electron chi connectivity index (χ0n) is 10.4. The first-order valence-corrected chi connectivity index (χ1v) is 6.47. The van der Waals surface area contributed by atoms with E-state index in [-0.39, 0.29) is 0 Å². The van der Waals surface area contributed by atoms with Gasteiger partial charge < -0.3 is 9.47 Å². The first-order chi connectivity index (χ1) is 9.22. The van der Waals surface area contributed by atoms with Crippen LogP contribution in [0.25, 0.3) is 0 Å². The van der Waals surface area contributed by atoms with Gasteiger partial charge in [-0.25, -0.2) is 0 Å². The zero-order valence-corrected chi connectivity index (χ0v) is 12.0. The minimum absolute atomic E-state index is 0.446. The molecule has 0 fully saturated rings. The van der Waals surface area contributed by atoms with E-state index >= 15 is 0 Å². The third-order valence-corrected chi connectivity index (χ3v) is 3.21. The molecule has 96 valence electrons. The van der Waals surface area contributed by atoms with Gasteiger partial charge in [-0.2, -0.15) is 5.26 Å². The van der Waals surface area contributed by atoms with Gasteiger partial charge in [-0.1, -0.05) is 12.1 Å². The molecule has 0 spiro atoms. The molecule has 0 saturated heterocycles. The van der Waals surface area contributed by atoms with Crippen molar-refractivity contribution in [2.45, 2.75) is 6.61 Å². The van der Waals surface area contributed by atoms with Crippen molar-refractivity contribution in [3.8, 4) is 17.6 Å². The van der Waals surface area contributed by atoms with Crippen molar-refractivity contribution in [1.29, 1.82) is 5.26 Å².